The number of carbonyl (C=O) groups is 1. The number of carbonyl (C=O) groups excluding carboxylic acids is 1. The molecule has 1 aromatic rings. The van der Waals surface area contributed by atoms with E-state index in [1.54, 1.807) is 6.92 Å². The molecule has 0 atom stereocenters. The van der Waals surface area contributed by atoms with E-state index < -0.39 is 11.8 Å². The molecule has 0 aliphatic heterocycles. The first-order chi connectivity index (χ1) is 10.6. The van der Waals surface area contributed by atoms with Gasteiger partial charge in [-0.05, 0) is 30.7 Å². The molecule has 0 heterocycles. The molecule has 1 rings (SSSR count). The predicted molar refractivity (Wildman–Crippen MR) is 77.5 cm³/mol. The zero-order valence-electron chi connectivity index (χ0n) is 12.3. The lowest BCUT2D eigenvalue weighted by molar-refractivity contribution is -0.138. The van der Waals surface area contributed by atoms with Gasteiger partial charge in [-0.2, -0.15) is 0 Å². The van der Waals surface area contributed by atoms with Crippen molar-refractivity contribution in [3.8, 4) is 5.75 Å². The third-order valence-electron chi connectivity index (χ3n) is 2.45. The Morgan fingerprint density at radius 3 is 2.86 bits per heavy atom. The van der Waals surface area contributed by atoms with Gasteiger partial charge in [0.2, 0.25) is 0 Å². The number of ether oxygens (including phenoxy) is 3. The molecular weight excluding hydrogens is 293 g/mol. The summed E-state index contributed by atoms with van der Waals surface area (Å²) in [7, 11) is 1.51. The molecule has 0 aliphatic carbocycles. The van der Waals surface area contributed by atoms with Crippen LogP contribution in [0.25, 0.3) is 16.5 Å². The highest BCUT2D eigenvalue weighted by Crippen LogP contribution is 2.23. The van der Waals surface area contributed by atoms with E-state index in [1.165, 1.54) is 31.4 Å². The Morgan fingerprint density at radius 2 is 2.23 bits per heavy atom. The van der Waals surface area contributed by atoms with Crippen molar-refractivity contribution < 1.29 is 23.4 Å². The van der Waals surface area contributed by atoms with Gasteiger partial charge in [-0.25, -0.2) is 9.18 Å². The summed E-state index contributed by atoms with van der Waals surface area (Å²) < 4.78 is 28.3. The van der Waals surface area contributed by atoms with E-state index >= 15 is 0 Å². The summed E-state index contributed by atoms with van der Waals surface area (Å²) in [5.41, 5.74) is 8.66. The van der Waals surface area contributed by atoms with Gasteiger partial charge in [0.05, 0.1) is 13.2 Å². The summed E-state index contributed by atoms with van der Waals surface area (Å²) in [6.07, 6.45) is 1.28. The van der Waals surface area contributed by atoms with Crippen molar-refractivity contribution in [1.29, 1.82) is 0 Å². The quantitative estimate of drug-likeness (QED) is 0.184. The van der Waals surface area contributed by atoms with Crippen molar-refractivity contribution in [3.05, 3.63) is 45.7 Å². The number of hydrogen-bond acceptors (Lipinski definition) is 5. The number of hydrogen-bond donors (Lipinski definition) is 0. The van der Waals surface area contributed by atoms with Crippen LogP contribution in [0.5, 0.6) is 5.75 Å². The van der Waals surface area contributed by atoms with Gasteiger partial charge in [-0.1, -0.05) is 5.11 Å². The largest absolute Gasteiger partial charge is 0.490 e. The standard InChI is InChI=1S/C14H16FN3O4/c1-3-21-14(19)12(17-18-16)8-10-4-5-11(15)9-13(10)22-7-6-20-2/h4-5,8-9H,3,6-7H2,1-2H3/b12-8-. The van der Waals surface area contributed by atoms with Crippen LogP contribution in [-0.4, -0.2) is 32.9 Å². The molecule has 0 saturated carbocycles. The molecule has 1 aromatic carbocycles. The molecule has 8 heteroatoms. The Labute approximate surface area is 126 Å². The van der Waals surface area contributed by atoms with E-state index in [-0.39, 0.29) is 24.7 Å². The van der Waals surface area contributed by atoms with Crippen molar-refractivity contribution in [1.82, 2.24) is 0 Å². The molecule has 0 radical (unpaired) electrons. The van der Waals surface area contributed by atoms with Gasteiger partial charge in [0.15, 0.2) is 0 Å². The average molecular weight is 309 g/mol. The maximum Gasteiger partial charge on any atom is 0.340 e. The minimum Gasteiger partial charge on any atom is -0.490 e. The minimum atomic E-state index is -0.771. The third-order valence-corrected chi connectivity index (χ3v) is 2.45. The Kier molecular flexibility index (Phi) is 7.45. The lowest BCUT2D eigenvalue weighted by Crippen LogP contribution is -2.07. The van der Waals surface area contributed by atoms with E-state index in [0.717, 1.165) is 0 Å². The number of esters is 1. The molecule has 0 amide bonds. The van der Waals surface area contributed by atoms with Crippen LogP contribution in [0.15, 0.2) is 29.0 Å². The maximum atomic E-state index is 13.3. The molecule has 7 nitrogen and oxygen atoms in total. The number of halogens is 1. The summed E-state index contributed by atoms with van der Waals surface area (Å²) >= 11 is 0. The molecule has 0 aliphatic rings. The molecule has 0 N–H and O–H groups in total. The molecule has 0 spiro atoms. The van der Waals surface area contributed by atoms with Crippen LogP contribution in [0, 0.1) is 5.82 Å². The second kappa shape index (κ2) is 9.38. The zero-order valence-corrected chi connectivity index (χ0v) is 12.3. The highest BCUT2D eigenvalue weighted by atomic mass is 19.1. The fraction of sp³-hybridized carbons (Fsp3) is 0.357. The van der Waals surface area contributed by atoms with E-state index in [2.05, 4.69) is 10.0 Å². The monoisotopic (exact) mass is 309 g/mol. The van der Waals surface area contributed by atoms with Crippen LogP contribution in [0.2, 0.25) is 0 Å². The third kappa shape index (κ3) is 5.43. The van der Waals surface area contributed by atoms with E-state index in [0.29, 0.717) is 12.2 Å². The van der Waals surface area contributed by atoms with E-state index in [4.69, 9.17) is 19.7 Å². The smallest absolute Gasteiger partial charge is 0.340 e. The Bertz CT molecular complexity index is 598. The molecule has 0 unspecified atom stereocenters. The first-order valence-electron chi connectivity index (χ1n) is 6.47. The number of methoxy groups -OCH3 is 1. The number of nitrogens with zero attached hydrogens (tertiary/aromatic N) is 3. The molecule has 0 saturated heterocycles. The second-order valence-electron chi connectivity index (χ2n) is 3.96. The van der Waals surface area contributed by atoms with Crippen molar-refractivity contribution >= 4 is 12.0 Å². The van der Waals surface area contributed by atoms with E-state index in [1.807, 2.05) is 0 Å². The fourth-order valence-corrected chi connectivity index (χ4v) is 1.52. The van der Waals surface area contributed by atoms with Crippen LogP contribution < -0.4 is 4.74 Å². The molecule has 0 fully saturated rings. The molecule has 118 valence electrons. The number of benzene rings is 1. The highest BCUT2D eigenvalue weighted by Gasteiger charge is 2.11. The van der Waals surface area contributed by atoms with Gasteiger partial charge < -0.3 is 14.2 Å². The van der Waals surface area contributed by atoms with Crippen LogP contribution in [0.3, 0.4) is 0 Å². The average Bonchev–Trinajstić information content (AvgIpc) is 2.49. The number of rotatable bonds is 8. The van der Waals surface area contributed by atoms with Crippen molar-refractivity contribution in [2.75, 3.05) is 26.9 Å². The topological polar surface area (TPSA) is 93.5 Å². The number of azide groups is 1. The molecular formula is C14H16FN3O4. The molecule has 0 aromatic heterocycles. The Hall–Kier alpha value is -2.57. The lowest BCUT2D eigenvalue weighted by atomic mass is 10.1. The molecule has 22 heavy (non-hydrogen) atoms. The lowest BCUT2D eigenvalue weighted by Gasteiger charge is -2.09. The van der Waals surface area contributed by atoms with Crippen LogP contribution in [-0.2, 0) is 14.3 Å². The first kappa shape index (κ1) is 17.5. The Balaban J connectivity index is 3.13. The summed E-state index contributed by atoms with van der Waals surface area (Å²) in [4.78, 5) is 14.3. The maximum absolute atomic E-state index is 13.3. The SMILES string of the molecule is CCOC(=O)/C(=C/c1ccc(F)cc1OCCOC)N=[N+]=[N-]. The van der Waals surface area contributed by atoms with Gasteiger partial charge in [-0.3, -0.25) is 0 Å². The van der Waals surface area contributed by atoms with Gasteiger partial charge in [0.1, 0.15) is 23.9 Å². The van der Waals surface area contributed by atoms with Crippen molar-refractivity contribution in [2.24, 2.45) is 5.11 Å². The van der Waals surface area contributed by atoms with Crippen LogP contribution in [0.1, 0.15) is 12.5 Å². The van der Waals surface area contributed by atoms with E-state index in [9.17, 15) is 9.18 Å². The predicted octanol–water partition coefficient (Wildman–Crippen LogP) is 3.07. The van der Waals surface area contributed by atoms with Crippen molar-refractivity contribution in [2.45, 2.75) is 6.92 Å². The zero-order chi connectivity index (χ0) is 16.4. The van der Waals surface area contributed by atoms with Crippen LogP contribution in [0.4, 0.5) is 4.39 Å². The summed E-state index contributed by atoms with van der Waals surface area (Å²) in [5.74, 6) is -1.06. The summed E-state index contributed by atoms with van der Waals surface area (Å²) in [6, 6.07) is 3.78. The molecule has 0 bridgehead atoms. The second-order valence-corrected chi connectivity index (χ2v) is 3.96. The van der Waals surface area contributed by atoms with Gasteiger partial charge in [-0.15, -0.1) is 0 Å². The summed E-state index contributed by atoms with van der Waals surface area (Å²) in [5, 5.41) is 3.29. The van der Waals surface area contributed by atoms with Gasteiger partial charge in [0, 0.05) is 23.7 Å². The van der Waals surface area contributed by atoms with Crippen molar-refractivity contribution in [3.63, 3.8) is 0 Å². The normalized spacial score (nSPS) is 10.8. The van der Waals surface area contributed by atoms with Gasteiger partial charge in [0.25, 0.3) is 0 Å². The summed E-state index contributed by atoms with van der Waals surface area (Å²) in [6.45, 7) is 2.29. The Morgan fingerprint density at radius 1 is 1.45 bits per heavy atom. The van der Waals surface area contributed by atoms with Gasteiger partial charge >= 0.3 is 5.97 Å². The minimum absolute atomic E-state index is 0.137. The van der Waals surface area contributed by atoms with Crippen LogP contribution >= 0.6 is 0 Å². The fourth-order valence-electron chi connectivity index (χ4n) is 1.52. The first-order valence-corrected chi connectivity index (χ1v) is 6.47. The highest BCUT2D eigenvalue weighted by molar-refractivity contribution is 5.93.